The van der Waals surface area contributed by atoms with Crippen LogP contribution in [0.3, 0.4) is 0 Å². The molecule has 32 heavy (non-hydrogen) atoms. The summed E-state index contributed by atoms with van der Waals surface area (Å²) in [7, 11) is 4.07. The van der Waals surface area contributed by atoms with Crippen LogP contribution >= 0.6 is 0 Å². The van der Waals surface area contributed by atoms with E-state index in [1.807, 2.05) is 24.6 Å². The fourth-order valence-corrected chi connectivity index (χ4v) is 3.28. The highest BCUT2D eigenvalue weighted by atomic mass is 15.3. The molecule has 0 radical (unpaired) electrons. The number of hydrogen-bond acceptors (Lipinski definition) is 6. The number of nitrogens with one attached hydrogen (secondary N) is 2. The second-order valence-corrected chi connectivity index (χ2v) is 7.65. The number of hydrogen-bond donors (Lipinski definition) is 2. The normalized spacial score (nSPS) is 11.6. The molecular weight excluding hydrogens is 404 g/mol. The van der Waals surface area contributed by atoms with Crippen LogP contribution in [0.2, 0.25) is 0 Å². The molecule has 0 unspecified atom stereocenters. The average molecular weight is 439 g/mol. The van der Waals surface area contributed by atoms with Crippen LogP contribution < -0.4 is 15.5 Å². The van der Waals surface area contributed by atoms with Crippen LogP contribution in [0, 0.1) is 6.92 Å². The van der Waals surface area contributed by atoms with Gasteiger partial charge in [-0.1, -0.05) is 25.1 Å². The number of aryl methyl sites for hydroxylation is 2. The van der Waals surface area contributed by atoms with Crippen molar-refractivity contribution in [1.82, 2.24) is 40.2 Å². The van der Waals surface area contributed by atoms with Crippen molar-refractivity contribution in [2.45, 2.75) is 39.8 Å². The summed E-state index contributed by atoms with van der Waals surface area (Å²) in [5.41, 5.74) is 1.22. The lowest BCUT2D eigenvalue weighted by atomic mass is 10.3. The van der Waals surface area contributed by atoms with Crippen molar-refractivity contribution in [3.63, 3.8) is 0 Å². The number of benzene rings is 1. The molecule has 0 aliphatic carbocycles. The summed E-state index contributed by atoms with van der Waals surface area (Å²) in [5.74, 6) is 3.46. The van der Waals surface area contributed by atoms with Gasteiger partial charge in [0.25, 0.3) is 0 Å². The molecule has 0 saturated carbocycles. The van der Waals surface area contributed by atoms with Gasteiger partial charge in [0.2, 0.25) is 0 Å². The lowest BCUT2D eigenvalue weighted by Crippen LogP contribution is -2.40. The van der Waals surface area contributed by atoms with Gasteiger partial charge in [-0.3, -0.25) is 0 Å². The summed E-state index contributed by atoms with van der Waals surface area (Å²) in [5, 5.41) is 23.3. The van der Waals surface area contributed by atoms with Crippen LogP contribution in [0.15, 0.2) is 41.7 Å². The standard InChI is InChI=1S/C22H34N10/c1-5-20-28-26-17-32(20)15-13-24-22(25-16-21-29-27-18(2)31(21)4)23-12-9-14-30(3)19-10-7-6-8-11-19/h6-8,10-11,17H,5,9,12-16H2,1-4H3,(H2,23,24,25). The summed E-state index contributed by atoms with van der Waals surface area (Å²) < 4.78 is 4.02. The second-order valence-electron chi connectivity index (χ2n) is 7.65. The topological polar surface area (TPSA) is 101 Å². The van der Waals surface area contributed by atoms with Crippen molar-refractivity contribution in [3.8, 4) is 0 Å². The first kappa shape index (κ1) is 23.2. The van der Waals surface area contributed by atoms with Gasteiger partial charge in [-0.05, 0) is 25.5 Å². The third-order valence-electron chi connectivity index (χ3n) is 5.38. The van der Waals surface area contributed by atoms with Crippen LogP contribution in [0.4, 0.5) is 5.69 Å². The van der Waals surface area contributed by atoms with Gasteiger partial charge in [0.1, 0.15) is 24.5 Å². The zero-order valence-corrected chi connectivity index (χ0v) is 19.5. The van der Waals surface area contributed by atoms with Crippen molar-refractivity contribution in [2.75, 3.05) is 31.6 Å². The molecule has 0 saturated heterocycles. The van der Waals surface area contributed by atoms with Gasteiger partial charge in [0, 0.05) is 52.4 Å². The Hall–Kier alpha value is -3.43. The molecule has 2 aromatic heterocycles. The number of aliphatic imine (C=N–C) groups is 1. The Morgan fingerprint density at radius 3 is 2.56 bits per heavy atom. The number of guanidine groups is 1. The molecule has 0 aliphatic rings. The van der Waals surface area contributed by atoms with Crippen LogP contribution in [-0.2, 0) is 26.6 Å². The maximum Gasteiger partial charge on any atom is 0.191 e. The minimum Gasteiger partial charge on any atom is -0.375 e. The third kappa shape index (κ3) is 6.53. The fourth-order valence-electron chi connectivity index (χ4n) is 3.28. The first-order chi connectivity index (χ1) is 15.6. The predicted molar refractivity (Wildman–Crippen MR) is 127 cm³/mol. The van der Waals surface area contributed by atoms with Gasteiger partial charge >= 0.3 is 0 Å². The molecule has 10 nitrogen and oxygen atoms in total. The maximum atomic E-state index is 4.72. The first-order valence-electron chi connectivity index (χ1n) is 11.1. The molecule has 3 aromatic rings. The van der Waals surface area contributed by atoms with Crippen molar-refractivity contribution in [3.05, 3.63) is 54.1 Å². The van der Waals surface area contributed by atoms with E-state index in [0.717, 1.165) is 62.5 Å². The quantitative estimate of drug-likeness (QED) is 0.266. The summed E-state index contributed by atoms with van der Waals surface area (Å²) in [6.07, 6.45) is 3.62. The molecule has 0 spiro atoms. The number of nitrogens with zero attached hydrogens (tertiary/aromatic N) is 8. The number of para-hydroxylation sites is 1. The smallest absolute Gasteiger partial charge is 0.191 e. The van der Waals surface area contributed by atoms with Crippen LogP contribution in [-0.4, -0.2) is 62.2 Å². The van der Waals surface area contributed by atoms with Crippen molar-refractivity contribution < 1.29 is 0 Å². The van der Waals surface area contributed by atoms with E-state index in [1.165, 1.54) is 5.69 Å². The molecule has 0 amide bonds. The minimum atomic E-state index is 0.462. The second kappa shape index (κ2) is 11.8. The van der Waals surface area contributed by atoms with Crippen molar-refractivity contribution in [2.24, 2.45) is 12.0 Å². The molecular formula is C22H34N10. The van der Waals surface area contributed by atoms with E-state index in [1.54, 1.807) is 6.33 Å². The SMILES string of the molecule is CCc1nncn1CCNC(=NCc1nnc(C)n1C)NCCCN(C)c1ccccc1. The molecule has 172 valence electrons. The van der Waals surface area contributed by atoms with Crippen molar-refractivity contribution >= 4 is 11.6 Å². The zero-order chi connectivity index (χ0) is 22.8. The Morgan fingerprint density at radius 2 is 1.84 bits per heavy atom. The summed E-state index contributed by atoms with van der Waals surface area (Å²) in [6, 6.07) is 10.4. The lowest BCUT2D eigenvalue weighted by Gasteiger charge is -2.20. The number of rotatable bonds is 11. The van der Waals surface area contributed by atoms with Gasteiger partial charge in [0.05, 0.1) is 0 Å². The number of aromatic nitrogens is 6. The number of anilines is 1. The van der Waals surface area contributed by atoms with E-state index in [2.05, 4.69) is 78.7 Å². The molecule has 3 rings (SSSR count). The highest BCUT2D eigenvalue weighted by Crippen LogP contribution is 2.10. The highest BCUT2D eigenvalue weighted by Gasteiger charge is 2.07. The van der Waals surface area contributed by atoms with E-state index >= 15 is 0 Å². The molecule has 0 fully saturated rings. The molecule has 2 heterocycles. The Kier molecular flexibility index (Phi) is 8.59. The van der Waals surface area contributed by atoms with E-state index in [4.69, 9.17) is 4.99 Å². The van der Waals surface area contributed by atoms with Crippen LogP contribution in [0.1, 0.15) is 30.8 Å². The van der Waals surface area contributed by atoms with Gasteiger partial charge < -0.3 is 24.7 Å². The fraction of sp³-hybridized carbons (Fsp3) is 0.500. The molecule has 1 aromatic carbocycles. The Morgan fingerprint density at radius 1 is 1.06 bits per heavy atom. The monoisotopic (exact) mass is 438 g/mol. The first-order valence-corrected chi connectivity index (χ1v) is 11.1. The average Bonchev–Trinajstić information content (AvgIpc) is 3.41. The Balaban J connectivity index is 1.53. The largest absolute Gasteiger partial charge is 0.375 e. The summed E-state index contributed by atoms with van der Waals surface area (Å²) in [4.78, 5) is 6.98. The molecule has 0 atom stereocenters. The van der Waals surface area contributed by atoms with E-state index in [-0.39, 0.29) is 0 Å². The van der Waals surface area contributed by atoms with Gasteiger partial charge in [-0.25, -0.2) is 4.99 Å². The lowest BCUT2D eigenvalue weighted by molar-refractivity contribution is 0.628. The van der Waals surface area contributed by atoms with E-state index in [0.29, 0.717) is 6.54 Å². The summed E-state index contributed by atoms with van der Waals surface area (Å²) in [6.45, 7) is 7.74. The van der Waals surface area contributed by atoms with Gasteiger partial charge in [-0.2, -0.15) is 0 Å². The van der Waals surface area contributed by atoms with Crippen molar-refractivity contribution in [1.29, 1.82) is 0 Å². The minimum absolute atomic E-state index is 0.462. The van der Waals surface area contributed by atoms with E-state index < -0.39 is 0 Å². The molecule has 2 N–H and O–H groups in total. The van der Waals surface area contributed by atoms with Gasteiger partial charge in [-0.15, -0.1) is 20.4 Å². The zero-order valence-electron chi connectivity index (χ0n) is 19.5. The molecule has 0 aliphatic heterocycles. The summed E-state index contributed by atoms with van der Waals surface area (Å²) >= 11 is 0. The Labute approximate surface area is 189 Å². The predicted octanol–water partition coefficient (Wildman–Crippen LogP) is 1.54. The van der Waals surface area contributed by atoms with E-state index in [9.17, 15) is 0 Å². The van der Waals surface area contributed by atoms with Crippen LogP contribution in [0.25, 0.3) is 0 Å². The molecule has 0 bridgehead atoms. The molecule has 10 heteroatoms. The third-order valence-corrected chi connectivity index (χ3v) is 5.38. The van der Waals surface area contributed by atoms with Gasteiger partial charge in [0.15, 0.2) is 11.8 Å². The maximum absolute atomic E-state index is 4.72. The highest BCUT2D eigenvalue weighted by molar-refractivity contribution is 5.79. The Bertz CT molecular complexity index is 976. The van der Waals surface area contributed by atoms with Crippen LogP contribution in [0.5, 0.6) is 0 Å².